The molecule has 3 aromatic rings. The van der Waals surface area contributed by atoms with E-state index in [9.17, 15) is 9.59 Å². The number of aromatic nitrogens is 1. The minimum absolute atomic E-state index is 0.118. The Morgan fingerprint density at radius 2 is 2.03 bits per heavy atom. The van der Waals surface area contributed by atoms with Crippen LogP contribution in [0.15, 0.2) is 53.9 Å². The molecular weight excluding hydrogens is 414 g/mol. The number of amides is 2. The Morgan fingerprint density at radius 1 is 1.19 bits per heavy atom. The molecule has 2 N–H and O–H groups in total. The predicted octanol–water partition coefficient (Wildman–Crippen LogP) is 4.58. The summed E-state index contributed by atoms with van der Waals surface area (Å²) in [5, 5.41) is 7.96. The van der Waals surface area contributed by atoms with Crippen LogP contribution in [0.25, 0.3) is 11.3 Å². The van der Waals surface area contributed by atoms with Crippen molar-refractivity contribution in [1.29, 1.82) is 0 Å². The van der Waals surface area contributed by atoms with E-state index in [1.165, 1.54) is 18.3 Å². The molecule has 1 aliphatic heterocycles. The Hall–Kier alpha value is -3.23. The molecule has 0 bridgehead atoms. The van der Waals surface area contributed by atoms with E-state index in [4.69, 9.17) is 9.47 Å². The highest BCUT2D eigenvalue weighted by atomic mass is 32.1. The molecule has 8 heteroatoms. The second-order valence-corrected chi connectivity index (χ2v) is 8.08. The normalized spacial score (nSPS) is 15.5. The largest absolute Gasteiger partial charge is 0.491 e. The molecule has 2 aromatic carbocycles. The van der Waals surface area contributed by atoms with E-state index in [1.807, 2.05) is 35.7 Å². The molecule has 160 valence electrons. The second-order valence-electron chi connectivity index (χ2n) is 7.22. The molecule has 1 aromatic heterocycles. The summed E-state index contributed by atoms with van der Waals surface area (Å²) in [7, 11) is 0. The molecular formula is C23H23N3O4S. The van der Waals surface area contributed by atoms with Gasteiger partial charge in [0.15, 0.2) is 5.13 Å². The molecule has 0 aliphatic carbocycles. The van der Waals surface area contributed by atoms with E-state index in [0.29, 0.717) is 23.1 Å². The number of carbonyl (C=O) groups excluding carboxylic acids is 2. The lowest BCUT2D eigenvalue weighted by Crippen LogP contribution is -2.16. The average molecular weight is 438 g/mol. The molecule has 1 fully saturated rings. The topological polar surface area (TPSA) is 89.6 Å². The Bertz CT molecular complexity index is 1060. The second kappa shape index (κ2) is 9.72. The van der Waals surface area contributed by atoms with Gasteiger partial charge in [0.1, 0.15) is 12.4 Å². The van der Waals surface area contributed by atoms with Crippen LogP contribution >= 0.6 is 11.3 Å². The number of carbonyl (C=O) groups is 2. The van der Waals surface area contributed by atoms with Crippen molar-refractivity contribution in [3.05, 3.63) is 59.5 Å². The minimum Gasteiger partial charge on any atom is -0.491 e. The van der Waals surface area contributed by atoms with Crippen molar-refractivity contribution in [3.63, 3.8) is 0 Å². The summed E-state index contributed by atoms with van der Waals surface area (Å²) in [4.78, 5) is 28.3. The molecule has 7 nitrogen and oxygen atoms in total. The first-order valence-corrected chi connectivity index (χ1v) is 10.9. The number of rotatable bonds is 7. The van der Waals surface area contributed by atoms with Gasteiger partial charge >= 0.3 is 0 Å². The van der Waals surface area contributed by atoms with Gasteiger partial charge in [0.2, 0.25) is 5.91 Å². The van der Waals surface area contributed by atoms with E-state index < -0.39 is 0 Å². The number of hydrogen-bond acceptors (Lipinski definition) is 6. The molecule has 2 amide bonds. The van der Waals surface area contributed by atoms with E-state index in [0.717, 1.165) is 36.4 Å². The fraction of sp³-hybridized carbons (Fsp3) is 0.261. The lowest BCUT2D eigenvalue weighted by Gasteiger charge is -2.12. The third-order valence-corrected chi connectivity index (χ3v) is 5.54. The van der Waals surface area contributed by atoms with Crippen molar-refractivity contribution in [2.24, 2.45) is 0 Å². The number of hydrogen-bond donors (Lipinski definition) is 2. The zero-order chi connectivity index (χ0) is 21.6. The minimum atomic E-state index is -0.246. The van der Waals surface area contributed by atoms with E-state index in [-0.39, 0.29) is 17.9 Å². The molecule has 2 heterocycles. The van der Waals surface area contributed by atoms with Gasteiger partial charge in [0.05, 0.1) is 11.8 Å². The zero-order valence-corrected chi connectivity index (χ0v) is 17.9. The van der Waals surface area contributed by atoms with Crippen LogP contribution in [0.4, 0.5) is 10.8 Å². The number of nitrogens with zero attached hydrogens (tertiary/aromatic N) is 1. The number of ether oxygens (including phenoxy) is 2. The van der Waals surface area contributed by atoms with Gasteiger partial charge in [-0.25, -0.2) is 4.98 Å². The Kier molecular flexibility index (Phi) is 6.59. The SMILES string of the molecule is CC(=O)Nc1ccc(-c2csc(NC(=O)c3cccc(OCC4CCCO4)c3)n2)cc1. The number of benzene rings is 2. The van der Waals surface area contributed by atoms with Crippen molar-refractivity contribution >= 4 is 34.0 Å². The van der Waals surface area contributed by atoms with Gasteiger partial charge in [-0.1, -0.05) is 18.2 Å². The van der Waals surface area contributed by atoms with Crippen LogP contribution in [-0.4, -0.2) is 36.1 Å². The van der Waals surface area contributed by atoms with Gasteiger partial charge in [0.25, 0.3) is 5.91 Å². The molecule has 0 radical (unpaired) electrons. The summed E-state index contributed by atoms with van der Waals surface area (Å²) in [6, 6.07) is 14.5. The van der Waals surface area contributed by atoms with Crippen LogP contribution in [0.3, 0.4) is 0 Å². The number of nitrogens with one attached hydrogen (secondary N) is 2. The highest BCUT2D eigenvalue weighted by Gasteiger charge is 2.16. The Balaban J connectivity index is 1.37. The molecule has 1 aliphatic rings. The van der Waals surface area contributed by atoms with Crippen LogP contribution in [0.1, 0.15) is 30.1 Å². The Labute approximate surface area is 184 Å². The molecule has 0 saturated carbocycles. The van der Waals surface area contributed by atoms with Gasteiger partial charge in [-0.15, -0.1) is 11.3 Å². The summed E-state index contributed by atoms with van der Waals surface area (Å²) in [5.41, 5.74) is 2.88. The molecule has 0 spiro atoms. The smallest absolute Gasteiger partial charge is 0.257 e. The summed E-state index contributed by atoms with van der Waals surface area (Å²) in [6.45, 7) is 2.74. The quantitative estimate of drug-likeness (QED) is 0.565. The first-order valence-electron chi connectivity index (χ1n) is 10.1. The van der Waals surface area contributed by atoms with Crippen molar-refractivity contribution in [2.45, 2.75) is 25.9 Å². The maximum absolute atomic E-state index is 12.7. The summed E-state index contributed by atoms with van der Waals surface area (Å²) in [6.07, 6.45) is 2.19. The van der Waals surface area contributed by atoms with Gasteiger partial charge in [-0.05, 0) is 43.2 Å². The lowest BCUT2D eigenvalue weighted by molar-refractivity contribution is -0.114. The van der Waals surface area contributed by atoms with Crippen LogP contribution in [-0.2, 0) is 9.53 Å². The van der Waals surface area contributed by atoms with E-state index >= 15 is 0 Å². The van der Waals surface area contributed by atoms with Crippen LogP contribution in [0, 0.1) is 0 Å². The van der Waals surface area contributed by atoms with Gasteiger partial charge in [-0.2, -0.15) is 0 Å². The highest BCUT2D eigenvalue weighted by Crippen LogP contribution is 2.26. The van der Waals surface area contributed by atoms with Gasteiger partial charge < -0.3 is 14.8 Å². The van der Waals surface area contributed by atoms with Gasteiger partial charge in [0, 0.05) is 35.7 Å². The molecule has 31 heavy (non-hydrogen) atoms. The first-order chi connectivity index (χ1) is 15.1. The number of thiazole rings is 1. The third-order valence-electron chi connectivity index (χ3n) is 4.78. The standard InChI is InChI=1S/C23H23N3O4S/c1-15(27)24-18-9-7-16(8-10-18)21-14-31-23(25-21)26-22(28)17-4-2-5-19(12-17)30-13-20-6-3-11-29-20/h2,4-5,7-10,12,14,20H,3,6,11,13H2,1H3,(H,24,27)(H,25,26,28). The van der Waals surface area contributed by atoms with E-state index in [2.05, 4.69) is 15.6 Å². The maximum Gasteiger partial charge on any atom is 0.257 e. The van der Waals surface area contributed by atoms with Crippen molar-refractivity contribution in [1.82, 2.24) is 4.98 Å². The molecule has 1 atom stereocenters. The summed E-state index contributed by atoms with van der Waals surface area (Å²) < 4.78 is 11.3. The summed E-state index contributed by atoms with van der Waals surface area (Å²) >= 11 is 1.35. The number of anilines is 2. The predicted molar refractivity (Wildman–Crippen MR) is 121 cm³/mol. The van der Waals surface area contributed by atoms with Crippen molar-refractivity contribution < 1.29 is 19.1 Å². The summed E-state index contributed by atoms with van der Waals surface area (Å²) in [5.74, 6) is 0.277. The van der Waals surface area contributed by atoms with Crippen molar-refractivity contribution in [2.75, 3.05) is 23.8 Å². The van der Waals surface area contributed by atoms with Gasteiger partial charge in [-0.3, -0.25) is 14.9 Å². The third kappa shape index (κ3) is 5.68. The highest BCUT2D eigenvalue weighted by molar-refractivity contribution is 7.14. The van der Waals surface area contributed by atoms with Crippen molar-refractivity contribution in [3.8, 4) is 17.0 Å². The first kappa shape index (κ1) is 21.0. The molecule has 4 rings (SSSR count). The lowest BCUT2D eigenvalue weighted by atomic mass is 10.1. The molecule has 1 saturated heterocycles. The molecule has 1 unspecified atom stereocenters. The fourth-order valence-electron chi connectivity index (χ4n) is 3.25. The van der Waals surface area contributed by atoms with Crippen LogP contribution < -0.4 is 15.4 Å². The van der Waals surface area contributed by atoms with Crippen LogP contribution in [0.2, 0.25) is 0 Å². The zero-order valence-electron chi connectivity index (χ0n) is 17.1. The Morgan fingerprint density at radius 3 is 2.77 bits per heavy atom. The fourth-order valence-corrected chi connectivity index (χ4v) is 3.97. The van der Waals surface area contributed by atoms with Crippen LogP contribution in [0.5, 0.6) is 5.75 Å². The maximum atomic E-state index is 12.7. The monoisotopic (exact) mass is 437 g/mol. The average Bonchev–Trinajstić information content (AvgIpc) is 3.45. The van der Waals surface area contributed by atoms with E-state index in [1.54, 1.807) is 18.2 Å².